The molecule has 0 saturated carbocycles. The van der Waals surface area contributed by atoms with E-state index in [-0.39, 0.29) is 5.56 Å². The van der Waals surface area contributed by atoms with Gasteiger partial charge in [-0.1, -0.05) is 0 Å². The molecule has 0 aliphatic carbocycles. The Kier molecular flexibility index (Phi) is 8.14. The minimum Gasteiger partial charge on any atom is -0.387 e. The van der Waals surface area contributed by atoms with Crippen LogP contribution in [0.4, 0.5) is 0 Å². The van der Waals surface area contributed by atoms with Gasteiger partial charge in [-0.05, 0) is 0 Å². The molecule has 0 amide bonds. The van der Waals surface area contributed by atoms with Crippen LogP contribution in [0.25, 0.3) is 0 Å². The lowest BCUT2D eigenvalue weighted by Crippen LogP contribution is -2.36. The number of aliphatic hydroxyl groups is 2. The number of aromatic amines is 1. The van der Waals surface area contributed by atoms with Gasteiger partial charge in [0.05, 0.1) is 18.2 Å². The van der Waals surface area contributed by atoms with Gasteiger partial charge in [0, 0.05) is 6.20 Å². The summed E-state index contributed by atoms with van der Waals surface area (Å²) in [5.41, 5.74) is -2.33. The number of H-pyrrole nitrogens is 1. The van der Waals surface area contributed by atoms with E-state index in [4.69, 9.17) is 24.7 Å². The first-order valence-electron chi connectivity index (χ1n) is 8.06. The van der Waals surface area contributed by atoms with E-state index in [0.717, 1.165) is 10.8 Å². The van der Waals surface area contributed by atoms with Gasteiger partial charge in [-0.2, -0.15) is 13.9 Å². The molecule has 1 aliphatic heterocycles. The Morgan fingerprint density at radius 3 is 2.28 bits per heavy atom. The van der Waals surface area contributed by atoms with E-state index in [2.05, 4.69) is 13.1 Å². The van der Waals surface area contributed by atoms with Gasteiger partial charge in [-0.15, -0.1) is 0 Å². The first-order valence-corrected chi connectivity index (χ1v) is 12.6. The third kappa shape index (κ3) is 6.98. The fourth-order valence-electron chi connectivity index (χ4n) is 2.54. The molecule has 0 radical (unpaired) electrons. The molecule has 18 nitrogen and oxygen atoms in total. The highest BCUT2D eigenvalue weighted by molar-refractivity contribution is 7.66. The molecular weight excluding hydrogens is 507 g/mol. The molecule has 7 N–H and O–H groups in total. The number of nitrogens with zero attached hydrogens (tertiary/aromatic N) is 2. The van der Waals surface area contributed by atoms with E-state index in [1.165, 1.54) is 0 Å². The number of hydrogen-bond donors (Lipinski definition) is 7. The summed E-state index contributed by atoms with van der Waals surface area (Å²) >= 11 is 0. The number of phosphoric ester groups is 1. The van der Waals surface area contributed by atoms with E-state index in [0.29, 0.717) is 0 Å². The maximum Gasteiger partial charge on any atom is 0.490 e. The predicted molar refractivity (Wildman–Crippen MR) is 96.4 cm³/mol. The molecule has 2 rings (SSSR count). The maximum absolute atomic E-state index is 12.0. The van der Waals surface area contributed by atoms with Crippen molar-refractivity contribution in [1.82, 2.24) is 9.55 Å². The van der Waals surface area contributed by atoms with Gasteiger partial charge >= 0.3 is 29.2 Å². The Labute approximate surface area is 176 Å². The van der Waals surface area contributed by atoms with Crippen molar-refractivity contribution >= 4 is 23.5 Å². The molecule has 180 valence electrons. The van der Waals surface area contributed by atoms with Gasteiger partial charge in [-0.25, -0.2) is 18.5 Å². The molecule has 2 heterocycles. The number of phosphoric acid groups is 3. The van der Waals surface area contributed by atoms with E-state index >= 15 is 0 Å². The second kappa shape index (κ2) is 9.75. The molecule has 1 fully saturated rings. The summed E-state index contributed by atoms with van der Waals surface area (Å²) in [7, 11) is -16.9. The van der Waals surface area contributed by atoms with Gasteiger partial charge in [-0.3, -0.25) is 18.9 Å². The minimum absolute atomic E-state index is 0.382. The Balaban J connectivity index is 2.14. The van der Waals surface area contributed by atoms with E-state index < -0.39 is 72.3 Å². The molecule has 21 heteroatoms. The van der Waals surface area contributed by atoms with Crippen LogP contribution >= 0.6 is 23.5 Å². The zero-order chi connectivity index (χ0) is 24.5. The van der Waals surface area contributed by atoms with Crippen molar-refractivity contribution in [2.45, 2.75) is 31.0 Å². The van der Waals surface area contributed by atoms with Crippen LogP contribution in [-0.4, -0.2) is 64.3 Å². The molecule has 2 unspecified atom stereocenters. The maximum atomic E-state index is 12.0. The number of nitriles is 1. The Hall–Kier alpha value is -1.54. The Morgan fingerprint density at radius 2 is 1.72 bits per heavy atom. The second-order valence-corrected chi connectivity index (χ2v) is 10.5. The van der Waals surface area contributed by atoms with E-state index in [1.807, 2.05) is 4.98 Å². The quantitative estimate of drug-likeness (QED) is 0.165. The topological polar surface area (TPSA) is 288 Å². The van der Waals surface area contributed by atoms with Crippen molar-refractivity contribution < 1.29 is 61.4 Å². The predicted octanol–water partition coefficient (Wildman–Crippen LogP) is -2.43. The van der Waals surface area contributed by atoms with Gasteiger partial charge in [0.25, 0.3) is 5.56 Å². The first-order chi connectivity index (χ1) is 14.6. The molecule has 1 aromatic heterocycles. The van der Waals surface area contributed by atoms with Crippen molar-refractivity contribution in [3.8, 4) is 6.07 Å². The Bertz CT molecular complexity index is 1150. The lowest BCUT2D eigenvalue weighted by atomic mass is 10.0. The third-order valence-electron chi connectivity index (χ3n) is 3.77. The van der Waals surface area contributed by atoms with Crippen molar-refractivity contribution in [3.05, 3.63) is 32.6 Å². The number of aromatic nitrogens is 2. The van der Waals surface area contributed by atoms with Crippen LogP contribution in [0.15, 0.2) is 15.8 Å². The van der Waals surface area contributed by atoms with Crippen molar-refractivity contribution in [3.63, 3.8) is 0 Å². The highest BCUT2D eigenvalue weighted by Crippen LogP contribution is 2.66. The summed E-state index contributed by atoms with van der Waals surface area (Å²) in [6.45, 7) is -1.56. The van der Waals surface area contributed by atoms with Crippen LogP contribution in [-0.2, 0) is 38.1 Å². The van der Waals surface area contributed by atoms with Crippen LogP contribution < -0.4 is 11.2 Å². The molecule has 1 aromatic rings. The summed E-state index contributed by atoms with van der Waals surface area (Å²) in [4.78, 5) is 61.0. The largest absolute Gasteiger partial charge is 0.490 e. The fourth-order valence-corrected chi connectivity index (χ4v) is 5.57. The molecule has 6 atom stereocenters. The molecular formula is C11H16N3O15P3. The van der Waals surface area contributed by atoms with Gasteiger partial charge in [0.15, 0.2) is 0 Å². The molecule has 0 bridgehead atoms. The highest BCUT2D eigenvalue weighted by Gasteiger charge is 2.47. The third-order valence-corrected chi connectivity index (χ3v) is 7.57. The molecule has 0 aromatic carbocycles. The van der Waals surface area contributed by atoms with Crippen molar-refractivity contribution in [2.24, 2.45) is 0 Å². The zero-order valence-electron chi connectivity index (χ0n) is 15.4. The zero-order valence-corrected chi connectivity index (χ0v) is 18.1. The number of hydrogen-bond acceptors (Lipinski definition) is 12. The number of aliphatic hydroxyl groups excluding tert-OH is 2. The number of rotatable bonds is 9. The van der Waals surface area contributed by atoms with E-state index in [9.17, 15) is 38.4 Å². The monoisotopic (exact) mass is 523 g/mol. The van der Waals surface area contributed by atoms with Gasteiger partial charge in [0.1, 0.15) is 31.0 Å². The van der Waals surface area contributed by atoms with Crippen LogP contribution in [0, 0.1) is 11.3 Å². The fraction of sp³-hybridized carbons (Fsp3) is 0.545. The van der Waals surface area contributed by atoms with Crippen molar-refractivity contribution in [1.29, 1.82) is 5.26 Å². The lowest BCUT2D eigenvalue weighted by Gasteiger charge is -2.19. The number of ether oxygens (including phenoxy) is 1. The molecule has 1 aliphatic rings. The summed E-state index contributed by atoms with van der Waals surface area (Å²) in [6.07, 6.45) is -5.98. The summed E-state index contributed by atoms with van der Waals surface area (Å²) in [5.74, 6) is 0. The second-order valence-electron chi connectivity index (χ2n) is 6.09. The Morgan fingerprint density at radius 1 is 1.09 bits per heavy atom. The summed E-state index contributed by atoms with van der Waals surface area (Å²) < 4.78 is 51.0. The van der Waals surface area contributed by atoms with Crippen LogP contribution in [0.1, 0.15) is 11.7 Å². The standard InChI is InChI=1S/C11H16N3O15P3/c12-1-2-14-3-5(10(17)13-11(14)18)9-8(16)7(15)6(27-9)4-26-31(22,23)29-32(24,25)28-30(19,20)21/h3,6-9,15-16H,2,4H2,(H,22,23)(H,24,25)(H,13,17,18)(H2,19,20,21)/t6-,7-,8-,9+/m1/s1. The molecule has 32 heavy (non-hydrogen) atoms. The number of nitrogens with one attached hydrogen (secondary N) is 1. The van der Waals surface area contributed by atoms with Gasteiger partial charge in [0.2, 0.25) is 0 Å². The van der Waals surface area contributed by atoms with Crippen LogP contribution in [0.3, 0.4) is 0 Å². The smallest absolute Gasteiger partial charge is 0.387 e. The molecule has 1 saturated heterocycles. The highest BCUT2D eigenvalue weighted by atomic mass is 31.3. The normalized spacial score (nSPS) is 27.4. The SMILES string of the molecule is N#CCn1cc([C@@H]2O[C@H](COP(=O)(O)OP(=O)(O)OP(=O)(O)O)[C@@H](O)[C@H]2O)c(=O)[nH]c1=O. The average Bonchev–Trinajstić information content (AvgIpc) is 2.87. The minimum atomic E-state index is -5.77. The summed E-state index contributed by atoms with van der Waals surface area (Å²) in [6, 6.07) is 1.65. The van der Waals surface area contributed by atoms with Crippen LogP contribution in [0.5, 0.6) is 0 Å². The van der Waals surface area contributed by atoms with Crippen molar-refractivity contribution in [2.75, 3.05) is 6.61 Å². The van der Waals surface area contributed by atoms with Gasteiger partial charge < -0.3 is 34.5 Å². The first kappa shape index (κ1) is 26.7. The molecule has 0 spiro atoms. The lowest BCUT2D eigenvalue weighted by molar-refractivity contribution is -0.0228. The average molecular weight is 523 g/mol. The summed E-state index contributed by atoms with van der Waals surface area (Å²) in [5, 5.41) is 28.9. The van der Waals surface area contributed by atoms with E-state index in [1.54, 1.807) is 6.07 Å². The van der Waals surface area contributed by atoms with Crippen LogP contribution in [0.2, 0.25) is 0 Å².